The zero-order valence-corrected chi connectivity index (χ0v) is 7.55. The van der Waals surface area contributed by atoms with Crippen molar-refractivity contribution in [1.29, 1.82) is 0 Å². The van der Waals surface area contributed by atoms with Gasteiger partial charge in [0.1, 0.15) is 11.5 Å². The Morgan fingerprint density at radius 1 is 1.21 bits per heavy atom. The molecule has 0 aliphatic heterocycles. The first kappa shape index (κ1) is 8.42. The van der Waals surface area contributed by atoms with Gasteiger partial charge in [0.2, 0.25) is 5.95 Å². The van der Waals surface area contributed by atoms with Gasteiger partial charge in [0, 0.05) is 13.1 Å². The maximum atomic E-state index is 5.52. The molecule has 0 atom stereocenters. The van der Waals surface area contributed by atoms with Crippen LogP contribution in [0.2, 0.25) is 0 Å². The largest absolute Gasteiger partial charge is 0.384 e. The molecular formula is C7H9N7. The third-order valence-corrected chi connectivity index (χ3v) is 1.63. The number of anilines is 2. The van der Waals surface area contributed by atoms with Crippen LogP contribution in [0, 0.1) is 0 Å². The van der Waals surface area contributed by atoms with Gasteiger partial charge in [-0.25, -0.2) is 4.98 Å². The van der Waals surface area contributed by atoms with Gasteiger partial charge in [0.25, 0.3) is 0 Å². The van der Waals surface area contributed by atoms with Crippen LogP contribution < -0.4 is 11.5 Å². The van der Waals surface area contributed by atoms with Crippen LogP contribution >= 0.6 is 0 Å². The van der Waals surface area contributed by atoms with E-state index < -0.39 is 0 Å². The number of aryl methyl sites for hydroxylation is 1. The lowest BCUT2D eigenvalue weighted by molar-refractivity contribution is 0.715. The Morgan fingerprint density at radius 2 is 2.00 bits per heavy atom. The Hall–Kier alpha value is -2.18. The Bertz CT molecular complexity index is 441. The van der Waals surface area contributed by atoms with Gasteiger partial charge in [0.05, 0.1) is 11.9 Å². The highest BCUT2D eigenvalue weighted by molar-refractivity contribution is 5.58. The summed E-state index contributed by atoms with van der Waals surface area (Å²) in [6.07, 6.45) is 1.72. The minimum absolute atomic E-state index is 0.130. The minimum atomic E-state index is 0.130. The molecule has 0 bridgehead atoms. The SMILES string of the molecule is Cn1cc(-c2cc(N)nc(N)n2)nn1. The maximum absolute atomic E-state index is 5.52. The summed E-state index contributed by atoms with van der Waals surface area (Å²) in [5.74, 6) is 0.448. The predicted molar refractivity (Wildman–Crippen MR) is 50.9 cm³/mol. The van der Waals surface area contributed by atoms with Crippen molar-refractivity contribution in [2.24, 2.45) is 7.05 Å². The van der Waals surface area contributed by atoms with E-state index in [0.717, 1.165) is 0 Å². The zero-order chi connectivity index (χ0) is 10.1. The van der Waals surface area contributed by atoms with Crippen molar-refractivity contribution in [3.05, 3.63) is 12.3 Å². The molecule has 7 heteroatoms. The van der Waals surface area contributed by atoms with Crippen molar-refractivity contribution in [3.8, 4) is 11.4 Å². The zero-order valence-electron chi connectivity index (χ0n) is 7.55. The molecule has 0 unspecified atom stereocenters. The molecule has 0 radical (unpaired) electrons. The van der Waals surface area contributed by atoms with Crippen molar-refractivity contribution in [2.45, 2.75) is 0 Å². The lowest BCUT2D eigenvalue weighted by atomic mass is 10.3. The fourth-order valence-electron chi connectivity index (χ4n) is 1.08. The van der Waals surface area contributed by atoms with Crippen LogP contribution in [0.15, 0.2) is 12.3 Å². The van der Waals surface area contributed by atoms with Gasteiger partial charge in [-0.3, -0.25) is 4.68 Å². The summed E-state index contributed by atoms with van der Waals surface area (Å²) < 4.78 is 1.57. The van der Waals surface area contributed by atoms with E-state index in [2.05, 4.69) is 20.3 Å². The Kier molecular flexibility index (Phi) is 1.77. The van der Waals surface area contributed by atoms with Crippen molar-refractivity contribution in [3.63, 3.8) is 0 Å². The quantitative estimate of drug-likeness (QED) is 0.625. The van der Waals surface area contributed by atoms with Gasteiger partial charge in [-0.05, 0) is 0 Å². The summed E-state index contributed by atoms with van der Waals surface area (Å²) in [7, 11) is 1.77. The molecule has 2 heterocycles. The van der Waals surface area contributed by atoms with Gasteiger partial charge in [-0.15, -0.1) is 5.10 Å². The molecular weight excluding hydrogens is 182 g/mol. The molecule has 0 aliphatic rings. The summed E-state index contributed by atoms with van der Waals surface area (Å²) >= 11 is 0. The lowest BCUT2D eigenvalue weighted by Crippen LogP contribution is -2.00. The Morgan fingerprint density at radius 3 is 2.57 bits per heavy atom. The van der Waals surface area contributed by atoms with E-state index in [4.69, 9.17) is 11.5 Å². The molecule has 0 saturated carbocycles. The average Bonchev–Trinajstić information content (AvgIpc) is 2.50. The van der Waals surface area contributed by atoms with Gasteiger partial charge < -0.3 is 11.5 Å². The van der Waals surface area contributed by atoms with E-state index in [1.54, 1.807) is 24.0 Å². The van der Waals surface area contributed by atoms with Crippen LogP contribution in [0.4, 0.5) is 11.8 Å². The second-order valence-corrected chi connectivity index (χ2v) is 2.81. The number of hydrogen-bond acceptors (Lipinski definition) is 6. The van der Waals surface area contributed by atoms with E-state index in [0.29, 0.717) is 17.2 Å². The van der Waals surface area contributed by atoms with E-state index >= 15 is 0 Å². The normalized spacial score (nSPS) is 10.4. The van der Waals surface area contributed by atoms with E-state index in [1.807, 2.05) is 0 Å². The van der Waals surface area contributed by atoms with Crippen molar-refractivity contribution in [1.82, 2.24) is 25.0 Å². The second kappa shape index (κ2) is 2.95. The fraction of sp³-hybridized carbons (Fsp3) is 0.143. The van der Waals surface area contributed by atoms with Crippen molar-refractivity contribution in [2.75, 3.05) is 11.5 Å². The number of nitrogens with two attached hydrogens (primary N) is 2. The number of aromatic nitrogens is 5. The molecule has 2 rings (SSSR count). The molecule has 2 aromatic rings. The number of hydrogen-bond donors (Lipinski definition) is 2. The molecule has 4 N–H and O–H groups in total. The summed E-state index contributed by atoms with van der Waals surface area (Å²) in [4.78, 5) is 7.74. The van der Waals surface area contributed by atoms with Gasteiger partial charge in [0.15, 0.2) is 0 Å². The smallest absolute Gasteiger partial charge is 0.222 e. The summed E-state index contributed by atoms with van der Waals surface area (Å²) in [5, 5.41) is 7.66. The third kappa shape index (κ3) is 1.47. The highest BCUT2D eigenvalue weighted by atomic mass is 15.4. The molecule has 72 valence electrons. The number of nitrogens with zero attached hydrogens (tertiary/aromatic N) is 5. The van der Waals surface area contributed by atoms with Gasteiger partial charge in [-0.1, -0.05) is 5.21 Å². The molecule has 0 spiro atoms. The van der Waals surface area contributed by atoms with Crippen molar-refractivity contribution >= 4 is 11.8 Å². The molecule has 0 aromatic carbocycles. The van der Waals surface area contributed by atoms with Crippen LogP contribution in [0.1, 0.15) is 0 Å². The topological polar surface area (TPSA) is 109 Å². The van der Waals surface area contributed by atoms with Crippen LogP contribution in [0.5, 0.6) is 0 Å². The van der Waals surface area contributed by atoms with Gasteiger partial charge in [-0.2, -0.15) is 4.98 Å². The molecule has 0 aliphatic carbocycles. The van der Waals surface area contributed by atoms with E-state index in [-0.39, 0.29) is 5.95 Å². The van der Waals surface area contributed by atoms with Crippen LogP contribution in [-0.2, 0) is 7.05 Å². The highest BCUT2D eigenvalue weighted by Gasteiger charge is 2.06. The molecule has 0 fully saturated rings. The first-order chi connectivity index (χ1) is 6.65. The standard InChI is InChI=1S/C7H9N7/c1-14-3-5(12-13-14)4-2-6(8)11-7(9)10-4/h2-3H,1H3,(H4,8,9,10,11). The fourth-order valence-corrected chi connectivity index (χ4v) is 1.08. The average molecular weight is 191 g/mol. The molecule has 0 amide bonds. The second-order valence-electron chi connectivity index (χ2n) is 2.81. The van der Waals surface area contributed by atoms with Crippen molar-refractivity contribution < 1.29 is 0 Å². The first-order valence-corrected chi connectivity index (χ1v) is 3.92. The van der Waals surface area contributed by atoms with Gasteiger partial charge >= 0.3 is 0 Å². The lowest BCUT2D eigenvalue weighted by Gasteiger charge is -1.98. The number of rotatable bonds is 1. The molecule has 7 nitrogen and oxygen atoms in total. The molecule has 2 aromatic heterocycles. The third-order valence-electron chi connectivity index (χ3n) is 1.63. The van der Waals surface area contributed by atoms with E-state index in [1.165, 1.54) is 0 Å². The highest BCUT2D eigenvalue weighted by Crippen LogP contribution is 2.15. The Labute approximate surface area is 79.8 Å². The van der Waals surface area contributed by atoms with E-state index in [9.17, 15) is 0 Å². The van der Waals surface area contributed by atoms with Crippen LogP contribution in [-0.4, -0.2) is 25.0 Å². The summed E-state index contributed by atoms with van der Waals surface area (Å²) in [6.45, 7) is 0. The van der Waals surface area contributed by atoms with Crippen LogP contribution in [0.3, 0.4) is 0 Å². The number of nitrogen functional groups attached to an aromatic ring is 2. The maximum Gasteiger partial charge on any atom is 0.222 e. The Balaban J connectivity index is 2.51. The molecule has 14 heavy (non-hydrogen) atoms. The first-order valence-electron chi connectivity index (χ1n) is 3.92. The molecule has 0 saturated heterocycles. The summed E-state index contributed by atoms with van der Waals surface area (Å²) in [6, 6.07) is 1.60. The monoisotopic (exact) mass is 191 g/mol. The predicted octanol–water partition coefficient (Wildman–Crippen LogP) is -0.564. The summed E-state index contributed by atoms with van der Waals surface area (Å²) in [5.41, 5.74) is 12.2. The minimum Gasteiger partial charge on any atom is -0.384 e. The van der Waals surface area contributed by atoms with Crippen LogP contribution in [0.25, 0.3) is 11.4 Å².